The van der Waals surface area contributed by atoms with Gasteiger partial charge in [0, 0.05) is 25.2 Å². The van der Waals surface area contributed by atoms with Gasteiger partial charge in [-0.1, -0.05) is 5.92 Å². The van der Waals surface area contributed by atoms with Gasteiger partial charge < -0.3 is 9.32 Å². The van der Waals surface area contributed by atoms with E-state index in [2.05, 4.69) is 10.8 Å². The summed E-state index contributed by atoms with van der Waals surface area (Å²) in [5, 5.41) is -0.336. The van der Waals surface area contributed by atoms with Gasteiger partial charge in [-0.3, -0.25) is 14.5 Å². The number of imide groups is 1. The molecular formula is C16H16N2O3S. The van der Waals surface area contributed by atoms with E-state index in [1.54, 1.807) is 6.08 Å². The van der Waals surface area contributed by atoms with Crippen molar-refractivity contribution in [1.82, 2.24) is 4.90 Å². The number of nitrogens with zero attached hydrogens (tertiary/aromatic N) is 2. The van der Waals surface area contributed by atoms with Gasteiger partial charge in [0.1, 0.15) is 5.76 Å². The van der Waals surface area contributed by atoms with Gasteiger partial charge in [0.05, 0.1) is 11.4 Å². The lowest BCUT2D eigenvalue weighted by Crippen LogP contribution is -2.28. The first kappa shape index (κ1) is 14.8. The van der Waals surface area contributed by atoms with Gasteiger partial charge in [0.25, 0.3) is 11.1 Å². The van der Waals surface area contributed by atoms with Crippen molar-refractivity contribution in [3.05, 3.63) is 22.8 Å². The van der Waals surface area contributed by atoms with Gasteiger partial charge in [-0.2, -0.15) is 0 Å². The van der Waals surface area contributed by atoms with Crippen molar-refractivity contribution >= 4 is 34.9 Å². The molecule has 0 aromatic carbocycles. The summed E-state index contributed by atoms with van der Waals surface area (Å²) in [5.74, 6) is 3.35. The van der Waals surface area contributed by atoms with Crippen LogP contribution in [0.25, 0.3) is 6.08 Å². The average molecular weight is 316 g/mol. The first-order valence-electron chi connectivity index (χ1n) is 7.22. The molecule has 0 unspecified atom stereocenters. The molecule has 0 saturated carbocycles. The van der Waals surface area contributed by atoms with Gasteiger partial charge in [0.2, 0.25) is 0 Å². The highest BCUT2D eigenvalue weighted by Crippen LogP contribution is 2.33. The van der Waals surface area contributed by atoms with Crippen LogP contribution in [0, 0.1) is 12.3 Å². The number of amides is 2. The third-order valence-corrected chi connectivity index (χ3v) is 4.58. The van der Waals surface area contributed by atoms with E-state index in [1.165, 1.54) is 19.3 Å². The third kappa shape index (κ3) is 2.90. The predicted molar refractivity (Wildman–Crippen MR) is 86.3 cm³/mol. The number of carbonyl (C=O) groups is 2. The molecule has 1 aromatic rings. The Kier molecular flexibility index (Phi) is 4.25. The SMILES string of the molecule is C#CCN1C(=O)S/C(=C\c2ccc(N3CCCCC3)o2)C1=O. The smallest absolute Gasteiger partial charge is 0.294 e. The lowest BCUT2D eigenvalue weighted by molar-refractivity contribution is -0.122. The van der Waals surface area contributed by atoms with E-state index in [9.17, 15) is 9.59 Å². The van der Waals surface area contributed by atoms with Crippen molar-refractivity contribution in [3.8, 4) is 12.3 Å². The number of piperidine rings is 1. The van der Waals surface area contributed by atoms with Gasteiger partial charge in [0.15, 0.2) is 5.88 Å². The van der Waals surface area contributed by atoms with E-state index in [-0.39, 0.29) is 17.7 Å². The number of furan rings is 1. The molecule has 22 heavy (non-hydrogen) atoms. The molecule has 6 heteroatoms. The summed E-state index contributed by atoms with van der Waals surface area (Å²) >= 11 is 0.891. The van der Waals surface area contributed by atoms with Gasteiger partial charge in [-0.05, 0) is 37.1 Å². The summed E-state index contributed by atoms with van der Waals surface area (Å²) in [6, 6.07) is 3.72. The molecule has 0 bridgehead atoms. The zero-order valence-corrected chi connectivity index (χ0v) is 12.9. The fourth-order valence-electron chi connectivity index (χ4n) is 2.56. The number of anilines is 1. The van der Waals surface area contributed by atoms with Crippen LogP contribution in [0.5, 0.6) is 0 Å². The fourth-order valence-corrected chi connectivity index (χ4v) is 3.38. The largest absolute Gasteiger partial charge is 0.441 e. The second-order valence-corrected chi connectivity index (χ2v) is 6.19. The van der Waals surface area contributed by atoms with Crippen molar-refractivity contribution in [2.24, 2.45) is 0 Å². The molecule has 0 spiro atoms. The molecule has 3 rings (SSSR count). The summed E-state index contributed by atoms with van der Waals surface area (Å²) < 4.78 is 5.78. The Morgan fingerprint density at radius 2 is 2.05 bits per heavy atom. The minimum Gasteiger partial charge on any atom is -0.441 e. The minimum atomic E-state index is -0.358. The van der Waals surface area contributed by atoms with Crippen LogP contribution in [-0.2, 0) is 4.79 Å². The standard InChI is InChI=1S/C16H16N2O3S/c1-2-8-18-15(19)13(22-16(18)20)11-12-6-7-14(21-12)17-9-4-3-5-10-17/h1,6-7,11H,3-5,8-10H2/b13-11-. The Morgan fingerprint density at radius 3 is 2.77 bits per heavy atom. The van der Waals surface area contributed by atoms with Crippen LogP contribution in [0.1, 0.15) is 25.0 Å². The maximum atomic E-state index is 12.1. The molecule has 0 aliphatic carbocycles. The van der Waals surface area contributed by atoms with E-state index in [4.69, 9.17) is 10.8 Å². The molecule has 2 fully saturated rings. The molecular weight excluding hydrogens is 300 g/mol. The summed E-state index contributed by atoms with van der Waals surface area (Å²) in [6.45, 7) is 1.98. The highest BCUT2D eigenvalue weighted by Gasteiger charge is 2.34. The molecule has 114 valence electrons. The van der Waals surface area contributed by atoms with Crippen molar-refractivity contribution < 1.29 is 14.0 Å². The first-order valence-corrected chi connectivity index (χ1v) is 8.04. The van der Waals surface area contributed by atoms with Crippen molar-refractivity contribution in [2.75, 3.05) is 24.5 Å². The third-order valence-electron chi connectivity index (χ3n) is 3.68. The molecule has 0 radical (unpaired) electrons. The molecule has 2 amide bonds. The van der Waals surface area contributed by atoms with Gasteiger partial charge >= 0.3 is 0 Å². The number of thioether (sulfide) groups is 1. The van der Waals surface area contributed by atoms with Crippen LogP contribution in [0.2, 0.25) is 0 Å². The number of rotatable bonds is 3. The highest BCUT2D eigenvalue weighted by molar-refractivity contribution is 8.18. The lowest BCUT2D eigenvalue weighted by atomic mass is 10.1. The van der Waals surface area contributed by atoms with Gasteiger partial charge in [-0.15, -0.1) is 6.42 Å². The first-order chi connectivity index (χ1) is 10.7. The van der Waals surface area contributed by atoms with Crippen LogP contribution in [0.3, 0.4) is 0 Å². The van der Waals surface area contributed by atoms with E-state index in [0.29, 0.717) is 10.7 Å². The second kappa shape index (κ2) is 6.32. The highest BCUT2D eigenvalue weighted by atomic mass is 32.2. The van der Waals surface area contributed by atoms with Crippen molar-refractivity contribution in [3.63, 3.8) is 0 Å². The fraction of sp³-hybridized carbons (Fsp3) is 0.375. The maximum absolute atomic E-state index is 12.1. The zero-order chi connectivity index (χ0) is 15.5. The Morgan fingerprint density at radius 1 is 1.27 bits per heavy atom. The molecule has 2 aliphatic heterocycles. The zero-order valence-electron chi connectivity index (χ0n) is 12.1. The monoisotopic (exact) mass is 316 g/mol. The Labute approximate surface area is 133 Å². The van der Waals surface area contributed by atoms with Crippen LogP contribution in [0.4, 0.5) is 10.7 Å². The van der Waals surface area contributed by atoms with Crippen LogP contribution >= 0.6 is 11.8 Å². The van der Waals surface area contributed by atoms with E-state index in [1.807, 2.05) is 12.1 Å². The lowest BCUT2D eigenvalue weighted by Gasteiger charge is -2.25. The van der Waals surface area contributed by atoms with Crippen molar-refractivity contribution in [2.45, 2.75) is 19.3 Å². The van der Waals surface area contributed by atoms with Gasteiger partial charge in [-0.25, -0.2) is 0 Å². The summed E-state index contributed by atoms with van der Waals surface area (Å²) in [5.41, 5.74) is 0. The van der Waals surface area contributed by atoms with Crippen LogP contribution < -0.4 is 4.90 Å². The second-order valence-electron chi connectivity index (χ2n) is 5.20. The van der Waals surface area contributed by atoms with Crippen molar-refractivity contribution in [1.29, 1.82) is 0 Å². The molecule has 0 N–H and O–H groups in total. The molecule has 1 aromatic heterocycles. The van der Waals surface area contributed by atoms with E-state index >= 15 is 0 Å². The summed E-state index contributed by atoms with van der Waals surface area (Å²) in [4.78, 5) is 27.4. The topological polar surface area (TPSA) is 53.8 Å². The predicted octanol–water partition coefficient (Wildman–Crippen LogP) is 2.94. The summed E-state index contributed by atoms with van der Waals surface area (Å²) in [6.07, 6.45) is 10.4. The Balaban J connectivity index is 1.75. The number of hydrogen-bond acceptors (Lipinski definition) is 5. The Bertz CT molecular complexity index is 665. The Hall–Kier alpha value is -2.13. The molecule has 5 nitrogen and oxygen atoms in total. The number of hydrogen-bond donors (Lipinski definition) is 0. The molecule has 2 saturated heterocycles. The maximum Gasteiger partial charge on any atom is 0.294 e. The number of terminal acetylenes is 1. The average Bonchev–Trinajstić information content (AvgIpc) is 3.09. The van der Waals surface area contributed by atoms with Crippen LogP contribution in [0.15, 0.2) is 21.5 Å². The van der Waals surface area contributed by atoms with E-state index in [0.717, 1.165) is 35.6 Å². The van der Waals surface area contributed by atoms with E-state index < -0.39 is 0 Å². The molecule has 0 atom stereocenters. The minimum absolute atomic E-state index is 0.000804. The normalized spacial score (nSPS) is 20.8. The number of carbonyl (C=O) groups excluding carboxylic acids is 2. The summed E-state index contributed by atoms with van der Waals surface area (Å²) in [7, 11) is 0. The molecule has 2 aliphatic rings. The quantitative estimate of drug-likeness (QED) is 0.634. The molecule has 3 heterocycles. The van der Waals surface area contributed by atoms with Crippen LogP contribution in [-0.4, -0.2) is 35.7 Å².